The zero-order chi connectivity index (χ0) is 51.8. The topological polar surface area (TPSA) is 173 Å². The number of anilines is 1. The number of ether oxygens (including phenoxy) is 5. The van der Waals surface area contributed by atoms with Crippen molar-refractivity contribution in [2.75, 3.05) is 11.9 Å². The van der Waals surface area contributed by atoms with Gasteiger partial charge in [0.2, 0.25) is 12.3 Å². The van der Waals surface area contributed by atoms with Crippen LogP contribution in [0.3, 0.4) is 0 Å². The maximum atomic E-state index is 16.0. The standard InChI is InChI=1S/C52H77FN2O12Si/c1-48(2,3)44(58)62-31-38-39(65-45(59)49(4,5)6)40(66-46(60)50(7,8)9)41(67-47(61)51(10,11)12)43(64-38)55(32-56)37(28-27-35(53)29-33-23-19-18-20-24-33)42(57)54-36-26-22-21-25-34(36)30-63-68(16,17)52(13,14)15/h18-26,29,32,37-41,43H,27-28,30-31H2,1-17H3,(H,54,57)/b35-29+/t37-,38-,39+,40+,41-,43-/m1/s1. The van der Waals surface area contributed by atoms with Crippen molar-refractivity contribution in [3.8, 4) is 0 Å². The number of nitrogens with one attached hydrogen (secondary N) is 1. The van der Waals surface area contributed by atoms with Crippen LogP contribution in [0.25, 0.3) is 6.08 Å². The van der Waals surface area contributed by atoms with Crippen LogP contribution < -0.4 is 5.32 Å². The van der Waals surface area contributed by atoms with Gasteiger partial charge in [-0.2, -0.15) is 0 Å². The van der Waals surface area contributed by atoms with E-state index in [1.807, 2.05) is 0 Å². The Balaban J connectivity index is 2.34. The van der Waals surface area contributed by atoms with Crippen LogP contribution in [0.15, 0.2) is 60.4 Å². The van der Waals surface area contributed by atoms with Crippen molar-refractivity contribution in [3.63, 3.8) is 0 Å². The predicted octanol–water partition coefficient (Wildman–Crippen LogP) is 9.95. The molecule has 16 heteroatoms. The molecule has 0 spiro atoms. The summed E-state index contributed by atoms with van der Waals surface area (Å²) in [7, 11) is -2.27. The highest BCUT2D eigenvalue weighted by molar-refractivity contribution is 6.74. The van der Waals surface area contributed by atoms with Gasteiger partial charge in [0.1, 0.15) is 24.6 Å². The van der Waals surface area contributed by atoms with E-state index in [0.29, 0.717) is 23.2 Å². The van der Waals surface area contributed by atoms with E-state index >= 15 is 4.39 Å². The number of nitrogens with zero attached hydrogens (tertiary/aromatic N) is 1. The van der Waals surface area contributed by atoms with Crippen LogP contribution in [0.4, 0.5) is 10.1 Å². The van der Waals surface area contributed by atoms with Crippen LogP contribution >= 0.6 is 0 Å². The molecule has 6 atom stereocenters. The molecule has 14 nitrogen and oxygen atoms in total. The van der Waals surface area contributed by atoms with E-state index in [0.717, 1.165) is 4.90 Å². The Labute approximate surface area is 404 Å². The van der Waals surface area contributed by atoms with Gasteiger partial charge in [-0.05, 0) is 131 Å². The van der Waals surface area contributed by atoms with Gasteiger partial charge < -0.3 is 38.3 Å². The van der Waals surface area contributed by atoms with Gasteiger partial charge in [-0.1, -0.05) is 69.3 Å². The molecule has 378 valence electrons. The Kier molecular flexibility index (Phi) is 19.1. The average molecular weight is 969 g/mol. The number of hydrogen-bond acceptors (Lipinski definition) is 12. The number of amides is 2. The van der Waals surface area contributed by atoms with Crippen LogP contribution in [-0.2, 0) is 63.5 Å². The molecule has 1 heterocycles. The number of para-hydroxylation sites is 1. The number of hydrogen-bond donors (Lipinski definition) is 1. The fourth-order valence-corrected chi connectivity index (χ4v) is 7.16. The molecule has 0 radical (unpaired) electrons. The van der Waals surface area contributed by atoms with Gasteiger partial charge in [0, 0.05) is 12.1 Å². The van der Waals surface area contributed by atoms with Gasteiger partial charge in [-0.25, -0.2) is 4.39 Å². The zero-order valence-electron chi connectivity index (χ0n) is 43.4. The van der Waals surface area contributed by atoms with Crippen molar-refractivity contribution < 1.29 is 61.3 Å². The number of carbonyl (C=O) groups excluding carboxylic acids is 6. The summed E-state index contributed by atoms with van der Waals surface area (Å²) < 4.78 is 53.4. The third-order valence-corrected chi connectivity index (χ3v) is 16.2. The van der Waals surface area contributed by atoms with Crippen molar-refractivity contribution in [1.29, 1.82) is 0 Å². The van der Waals surface area contributed by atoms with E-state index in [2.05, 4.69) is 39.2 Å². The summed E-state index contributed by atoms with van der Waals surface area (Å²) >= 11 is 0. The SMILES string of the molecule is CC(C)(C)C(=O)OC[C@H]1O[C@@H](N(C=O)[C@H](CC/C(F)=C\c2ccccc2)C(=O)Nc2ccccc2CO[Si](C)(C)C(C)(C)C)[C@H](OC(=O)C(C)(C)C)[C@@H](OC(=O)C(C)(C)C)[C@H]1OC(=O)C(C)(C)C. The molecule has 0 aliphatic carbocycles. The molecule has 0 unspecified atom stereocenters. The number of benzene rings is 2. The second kappa shape index (κ2) is 22.7. The molecule has 0 saturated carbocycles. The molecule has 1 aliphatic rings. The summed E-state index contributed by atoms with van der Waals surface area (Å²) in [4.78, 5) is 84.9. The first-order valence-corrected chi connectivity index (χ1v) is 26.1. The fourth-order valence-electron chi connectivity index (χ4n) is 6.21. The second-order valence-corrected chi connectivity index (χ2v) is 27.9. The normalized spacial score (nSPS) is 20.1. The number of halogens is 1. The Morgan fingerprint density at radius 2 is 1.19 bits per heavy atom. The first-order valence-electron chi connectivity index (χ1n) is 23.2. The lowest BCUT2D eigenvalue weighted by molar-refractivity contribution is -0.282. The van der Waals surface area contributed by atoms with E-state index in [-0.39, 0.29) is 24.5 Å². The molecular weight excluding hydrogens is 892 g/mol. The zero-order valence-corrected chi connectivity index (χ0v) is 44.4. The minimum Gasteiger partial charge on any atom is -0.462 e. The first-order chi connectivity index (χ1) is 31.1. The summed E-state index contributed by atoms with van der Waals surface area (Å²) in [5.41, 5.74) is -2.92. The minimum atomic E-state index is -2.27. The van der Waals surface area contributed by atoms with Crippen LogP contribution in [-0.4, -0.2) is 92.7 Å². The van der Waals surface area contributed by atoms with Gasteiger partial charge in [0.05, 0.1) is 28.3 Å². The summed E-state index contributed by atoms with van der Waals surface area (Å²) in [5.74, 6) is -4.44. The van der Waals surface area contributed by atoms with Crippen LogP contribution in [0.1, 0.15) is 128 Å². The highest BCUT2D eigenvalue weighted by Gasteiger charge is 2.57. The molecular formula is C52H77FN2O12Si. The van der Waals surface area contributed by atoms with E-state index < -0.39 is 109 Å². The largest absolute Gasteiger partial charge is 0.462 e. The monoisotopic (exact) mass is 969 g/mol. The number of esters is 4. The van der Waals surface area contributed by atoms with Gasteiger partial charge in [0.25, 0.3) is 0 Å². The lowest BCUT2D eigenvalue weighted by Crippen LogP contribution is -2.68. The highest BCUT2D eigenvalue weighted by atomic mass is 28.4. The second-order valence-electron chi connectivity index (χ2n) is 23.1. The van der Waals surface area contributed by atoms with E-state index in [1.165, 1.54) is 6.08 Å². The van der Waals surface area contributed by atoms with Crippen molar-refractivity contribution in [3.05, 3.63) is 71.6 Å². The summed E-state index contributed by atoms with van der Waals surface area (Å²) in [6, 6.07) is 14.2. The van der Waals surface area contributed by atoms with Crippen molar-refractivity contribution in [2.45, 2.75) is 178 Å². The maximum absolute atomic E-state index is 16.0. The average Bonchev–Trinajstić information content (AvgIpc) is 3.21. The third kappa shape index (κ3) is 16.1. The molecule has 0 aromatic heterocycles. The minimum absolute atomic E-state index is 0.114. The van der Waals surface area contributed by atoms with Gasteiger partial charge in [0.15, 0.2) is 32.9 Å². The number of carbonyl (C=O) groups is 6. The van der Waals surface area contributed by atoms with E-state index in [9.17, 15) is 28.8 Å². The van der Waals surface area contributed by atoms with Crippen LogP contribution in [0.5, 0.6) is 0 Å². The summed E-state index contributed by atoms with van der Waals surface area (Å²) in [5, 5.41) is 2.83. The van der Waals surface area contributed by atoms with Crippen molar-refractivity contribution >= 4 is 56.3 Å². The fraction of sp³-hybridized carbons (Fsp3) is 0.615. The predicted molar refractivity (Wildman–Crippen MR) is 261 cm³/mol. The molecule has 1 aliphatic heterocycles. The maximum Gasteiger partial charge on any atom is 0.311 e. The molecule has 1 fully saturated rings. The van der Waals surface area contributed by atoms with Crippen molar-refractivity contribution in [1.82, 2.24) is 4.90 Å². The van der Waals surface area contributed by atoms with Crippen LogP contribution in [0, 0.1) is 21.7 Å². The Bertz CT molecular complexity index is 2110. The number of rotatable bonds is 17. The molecule has 2 aromatic carbocycles. The lowest BCUT2D eigenvalue weighted by atomic mass is 9.91. The van der Waals surface area contributed by atoms with Crippen LogP contribution in [0.2, 0.25) is 18.1 Å². The first kappa shape index (κ1) is 57.4. The number of allylic oxidation sites excluding steroid dienone is 1. The van der Waals surface area contributed by atoms with Crippen molar-refractivity contribution in [2.24, 2.45) is 21.7 Å². The third-order valence-electron chi connectivity index (χ3n) is 11.7. The van der Waals surface area contributed by atoms with Gasteiger partial charge in [-0.15, -0.1) is 0 Å². The molecule has 2 amide bonds. The van der Waals surface area contributed by atoms with E-state index in [1.54, 1.807) is 138 Å². The molecule has 0 bridgehead atoms. The molecule has 68 heavy (non-hydrogen) atoms. The molecule has 2 aromatic rings. The van der Waals surface area contributed by atoms with Gasteiger partial charge >= 0.3 is 23.9 Å². The molecule has 1 saturated heterocycles. The van der Waals surface area contributed by atoms with E-state index in [4.69, 9.17) is 28.1 Å². The Hall–Kier alpha value is -4.93. The smallest absolute Gasteiger partial charge is 0.311 e. The highest BCUT2D eigenvalue weighted by Crippen LogP contribution is 2.39. The Morgan fingerprint density at radius 3 is 1.69 bits per heavy atom. The van der Waals surface area contributed by atoms with Gasteiger partial charge in [-0.3, -0.25) is 28.8 Å². The molecule has 1 N–H and O–H groups in total. The molecule has 3 rings (SSSR count). The quantitative estimate of drug-likeness (QED) is 0.0689. The Morgan fingerprint density at radius 1 is 0.706 bits per heavy atom. The summed E-state index contributed by atoms with van der Waals surface area (Å²) in [6.07, 6.45) is -7.46. The lowest BCUT2D eigenvalue weighted by Gasteiger charge is -2.49. The summed E-state index contributed by atoms with van der Waals surface area (Å²) in [6.45, 7) is 29.3.